The molecule has 0 aromatic heterocycles. The third-order valence-electron chi connectivity index (χ3n) is 5.23. The number of hydrogen-bond donors (Lipinski definition) is 2. The summed E-state index contributed by atoms with van der Waals surface area (Å²) in [5.41, 5.74) is 0.167. The fraction of sp³-hybridized carbons (Fsp3) is 0.654. The van der Waals surface area contributed by atoms with E-state index in [0.717, 1.165) is 6.42 Å². The smallest absolute Gasteiger partial charge is 0.478 e. The molecule has 0 aliphatic heterocycles. The van der Waals surface area contributed by atoms with Crippen molar-refractivity contribution in [3.05, 3.63) is 42.3 Å². The summed E-state index contributed by atoms with van der Waals surface area (Å²) < 4.78 is 0. The van der Waals surface area contributed by atoms with E-state index in [2.05, 4.69) is 13.8 Å². The largest absolute Gasteiger partial charge is 1.00 e. The number of hydrogen-bond acceptors (Lipinski definition) is 2. The van der Waals surface area contributed by atoms with Crippen LogP contribution >= 0.6 is 0 Å². The molecule has 2 N–H and O–H groups in total. The van der Waals surface area contributed by atoms with Crippen molar-refractivity contribution >= 4 is 11.9 Å². The monoisotopic (exact) mass is 442 g/mol. The van der Waals surface area contributed by atoms with Crippen molar-refractivity contribution in [2.24, 2.45) is 0 Å². The van der Waals surface area contributed by atoms with Crippen LogP contribution in [0.25, 0.3) is 0 Å². The topological polar surface area (TPSA) is 74.6 Å². The second kappa shape index (κ2) is 23.8. The summed E-state index contributed by atoms with van der Waals surface area (Å²) in [6, 6.07) is 5.02. The summed E-state index contributed by atoms with van der Waals surface area (Å²) in [7, 11) is 0. The molecule has 5 heteroatoms. The first-order chi connectivity index (χ1) is 14.5. The second-order valence-electron chi connectivity index (χ2n) is 7.99. The quantitative estimate of drug-likeness (QED) is 0.198. The van der Waals surface area contributed by atoms with Crippen LogP contribution in [0.2, 0.25) is 0 Å². The van der Waals surface area contributed by atoms with E-state index >= 15 is 0 Å². The number of carbonyl (C=O) groups is 2. The van der Waals surface area contributed by atoms with Crippen LogP contribution in [0.3, 0.4) is 0 Å². The molecule has 0 saturated heterocycles. The zero-order valence-electron chi connectivity index (χ0n) is 20.0. The van der Waals surface area contributed by atoms with E-state index in [1.54, 1.807) is 0 Å². The van der Waals surface area contributed by atoms with Gasteiger partial charge in [-0.25, -0.2) is 9.59 Å². The maximum Gasteiger partial charge on any atom is 1.00 e. The predicted molar refractivity (Wildman–Crippen MR) is 125 cm³/mol. The maximum atomic E-state index is 10.3. The van der Waals surface area contributed by atoms with Gasteiger partial charge in [0.05, 0.1) is 11.1 Å². The number of carboxylic acid groups (broad SMARTS) is 2. The molecule has 0 saturated carbocycles. The molecular formula is C26H43NaO4. The van der Waals surface area contributed by atoms with Crippen LogP contribution < -0.4 is 29.6 Å². The van der Waals surface area contributed by atoms with E-state index in [4.69, 9.17) is 10.2 Å². The van der Waals surface area contributed by atoms with E-state index in [1.165, 1.54) is 121 Å². The normalized spacial score (nSPS) is 10.0. The second-order valence-corrected chi connectivity index (χ2v) is 7.99. The fourth-order valence-electron chi connectivity index (χ4n) is 3.30. The third-order valence-corrected chi connectivity index (χ3v) is 5.23. The van der Waals surface area contributed by atoms with Crippen molar-refractivity contribution in [2.75, 3.05) is 0 Å². The minimum Gasteiger partial charge on any atom is -0.478 e. The van der Waals surface area contributed by atoms with Crippen LogP contribution in [0.1, 0.15) is 130 Å². The molecule has 0 aliphatic carbocycles. The van der Waals surface area contributed by atoms with Gasteiger partial charge >= 0.3 is 41.5 Å². The van der Waals surface area contributed by atoms with Gasteiger partial charge in [0, 0.05) is 0 Å². The Morgan fingerprint density at radius 2 is 0.871 bits per heavy atom. The molecule has 1 aromatic carbocycles. The molecule has 0 heterocycles. The van der Waals surface area contributed by atoms with Crippen molar-refractivity contribution in [1.82, 2.24) is 0 Å². The number of aromatic carboxylic acids is 2. The summed E-state index contributed by atoms with van der Waals surface area (Å²) >= 11 is 0. The van der Waals surface area contributed by atoms with E-state index < -0.39 is 11.9 Å². The fourth-order valence-corrected chi connectivity index (χ4v) is 3.30. The number of rotatable bonds is 17. The van der Waals surface area contributed by atoms with Crippen molar-refractivity contribution in [3.8, 4) is 0 Å². The molecule has 0 fully saturated rings. The Hall–Kier alpha value is -0.840. The van der Waals surface area contributed by atoms with Crippen LogP contribution in [0.5, 0.6) is 0 Å². The number of benzene rings is 1. The molecule has 1 aromatic rings. The summed E-state index contributed by atoms with van der Waals surface area (Å²) in [5, 5.41) is 16.9. The average Bonchev–Trinajstić information content (AvgIpc) is 2.74. The Labute approximate surface area is 212 Å². The van der Waals surface area contributed by atoms with Crippen molar-refractivity contribution < 1.29 is 49.4 Å². The molecule has 0 bridgehead atoms. The summed E-state index contributed by atoms with van der Waals surface area (Å²) in [6.45, 7) is 6.18. The molecule has 0 atom stereocenters. The molecule has 4 nitrogen and oxygen atoms in total. The van der Waals surface area contributed by atoms with Crippen LogP contribution in [-0.2, 0) is 0 Å². The molecule has 0 radical (unpaired) electrons. The molecule has 0 aliphatic rings. The van der Waals surface area contributed by atoms with Gasteiger partial charge in [0.2, 0.25) is 0 Å². The standard InChI is InChI=1S/C18H37.C8H6O4.Na/c1-3-5-7-9-11-13-15-17-18-16-14-12-10-8-6-4-2;9-7(10)5-1-2-6(4-3-5)8(11)12;/h1,3-18H2,2H3;1-4H,(H,9,10)(H,11,12);/q-1;;+1. The van der Waals surface area contributed by atoms with Gasteiger partial charge in [-0.05, 0) is 24.3 Å². The van der Waals surface area contributed by atoms with Gasteiger partial charge in [0.25, 0.3) is 0 Å². The van der Waals surface area contributed by atoms with Gasteiger partial charge in [-0.1, -0.05) is 103 Å². The van der Waals surface area contributed by atoms with Crippen molar-refractivity contribution in [3.63, 3.8) is 0 Å². The Bertz CT molecular complexity index is 494. The molecule has 31 heavy (non-hydrogen) atoms. The number of carboxylic acids is 2. The minimum atomic E-state index is -1.06. The van der Waals surface area contributed by atoms with Crippen LogP contribution in [0, 0.1) is 6.92 Å². The zero-order valence-corrected chi connectivity index (χ0v) is 22.0. The molecule has 0 unspecified atom stereocenters. The van der Waals surface area contributed by atoms with E-state index in [9.17, 15) is 9.59 Å². The molecular weight excluding hydrogens is 399 g/mol. The summed E-state index contributed by atoms with van der Waals surface area (Å²) in [5.74, 6) is -2.13. The van der Waals surface area contributed by atoms with Crippen molar-refractivity contribution in [1.29, 1.82) is 0 Å². The zero-order chi connectivity index (χ0) is 22.5. The molecule has 1 rings (SSSR count). The third kappa shape index (κ3) is 20.8. The predicted octanol–water partition coefficient (Wildman–Crippen LogP) is 5.17. The van der Waals surface area contributed by atoms with E-state index in [-0.39, 0.29) is 40.7 Å². The Kier molecular flexibility index (Phi) is 24.8. The molecule has 0 amide bonds. The van der Waals surface area contributed by atoms with Crippen molar-refractivity contribution in [2.45, 2.75) is 110 Å². The van der Waals surface area contributed by atoms with Crippen LogP contribution in [0.4, 0.5) is 0 Å². The van der Waals surface area contributed by atoms with Gasteiger partial charge in [-0.2, -0.15) is 6.42 Å². The van der Waals surface area contributed by atoms with Gasteiger partial charge < -0.3 is 17.1 Å². The average molecular weight is 443 g/mol. The summed E-state index contributed by atoms with van der Waals surface area (Å²) in [6.07, 6.45) is 22.8. The van der Waals surface area contributed by atoms with E-state index in [0.29, 0.717) is 0 Å². The van der Waals surface area contributed by atoms with Gasteiger partial charge in [0.1, 0.15) is 0 Å². The molecule has 172 valence electrons. The Balaban J connectivity index is 0. The van der Waals surface area contributed by atoms with Gasteiger partial charge in [0.15, 0.2) is 0 Å². The first kappa shape index (κ1) is 32.3. The SMILES string of the molecule is O=C(O)c1ccc(C(=O)O)cc1.[CH2-]CCCCCCCCCCCCCCCCC.[Na+]. The van der Waals surface area contributed by atoms with E-state index in [1.807, 2.05) is 0 Å². The van der Waals surface area contributed by atoms with Crippen LogP contribution in [-0.4, -0.2) is 22.2 Å². The first-order valence-corrected chi connectivity index (χ1v) is 11.9. The minimum absolute atomic E-state index is 0. The molecule has 0 spiro atoms. The Morgan fingerprint density at radius 1 is 0.613 bits per heavy atom. The Morgan fingerprint density at radius 3 is 1.10 bits per heavy atom. The maximum absolute atomic E-state index is 10.3. The van der Waals surface area contributed by atoms with Gasteiger partial charge in [-0.15, -0.1) is 0 Å². The number of unbranched alkanes of at least 4 members (excludes halogenated alkanes) is 15. The first-order valence-electron chi connectivity index (χ1n) is 11.9. The van der Waals surface area contributed by atoms with Crippen LogP contribution in [0.15, 0.2) is 24.3 Å². The summed E-state index contributed by atoms with van der Waals surface area (Å²) in [4.78, 5) is 20.7. The van der Waals surface area contributed by atoms with Gasteiger partial charge in [-0.3, -0.25) is 0 Å².